The van der Waals surface area contributed by atoms with Crippen molar-refractivity contribution >= 4 is 17.2 Å². The molecule has 0 aliphatic heterocycles. The van der Waals surface area contributed by atoms with E-state index in [1.54, 1.807) is 11.3 Å². The maximum atomic E-state index is 11.9. The molecule has 0 spiro atoms. The van der Waals surface area contributed by atoms with Gasteiger partial charge in [0.1, 0.15) is 6.54 Å². The number of nitrogens with one attached hydrogen (secondary N) is 1. The number of nitrogens with zero attached hydrogens (tertiary/aromatic N) is 4. The summed E-state index contributed by atoms with van der Waals surface area (Å²) in [4.78, 5) is 14.3. The predicted octanol–water partition coefficient (Wildman–Crippen LogP) is 2.03. The zero-order valence-electron chi connectivity index (χ0n) is 12.1. The van der Waals surface area contributed by atoms with Crippen LogP contribution in [0.25, 0.3) is 11.4 Å². The molecule has 0 atom stereocenters. The maximum absolute atomic E-state index is 11.9. The van der Waals surface area contributed by atoms with Crippen LogP contribution in [0.1, 0.15) is 10.4 Å². The van der Waals surface area contributed by atoms with Gasteiger partial charge in [-0.1, -0.05) is 30.3 Å². The van der Waals surface area contributed by atoms with E-state index in [1.165, 1.54) is 4.80 Å². The third-order valence-electron chi connectivity index (χ3n) is 3.16. The summed E-state index contributed by atoms with van der Waals surface area (Å²) in [6.07, 6.45) is 0. The molecule has 1 amide bonds. The molecule has 1 aromatic carbocycles. The van der Waals surface area contributed by atoms with Gasteiger partial charge in [0.2, 0.25) is 11.7 Å². The summed E-state index contributed by atoms with van der Waals surface area (Å²) in [5.41, 5.74) is 2.00. The molecule has 1 N–H and O–H groups in total. The molecule has 0 saturated carbocycles. The lowest BCUT2D eigenvalue weighted by atomic mass is 10.1. The SMILES string of the molecule is Cc1ccccc1-c1nnn(CC(=O)NCc2cccs2)n1. The molecule has 0 fully saturated rings. The quantitative estimate of drug-likeness (QED) is 0.782. The molecule has 3 rings (SSSR count). The molecule has 22 heavy (non-hydrogen) atoms. The molecule has 0 aliphatic rings. The van der Waals surface area contributed by atoms with Crippen molar-refractivity contribution < 1.29 is 4.79 Å². The van der Waals surface area contributed by atoms with Crippen LogP contribution in [0.3, 0.4) is 0 Å². The third-order valence-corrected chi connectivity index (χ3v) is 4.04. The van der Waals surface area contributed by atoms with Crippen LogP contribution < -0.4 is 5.32 Å². The summed E-state index contributed by atoms with van der Waals surface area (Å²) in [5, 5.41) is 17.0. The number of tetrazole rings is 1. The minimum atomic E-state index is -0.137. The van der Waals surface area contributed by atoms with Crippen LogP contribution in [0.15, 0.2) is 41.8 Å². The van der Waals surface area contributed by atoms with E-state index < -0.39 is 0 Å². The van der Waals surface area contributed by atoms with Crippen molar-refractivity contribution in [1.29, 1.82) is 0 Å². The second kappa shape index (κ2) is 6.48. The average Bonchev–Trinajstić information content (AvgIpc) is 3.17. The Kier molecular flexibility index (Phi) is 4.24. The van der Waals surface area contributed by atoms with Gasteiger partial charge in [0.05, 0.1) is 6.54 Å². The molecule has 3 aromatic rings. The Morgan fingerprint density at radius 1 is 1.27 bits per heavy atom. The number of rotatable bonds is 5. The van der Waals surface area contributed by atoms with Gasteiger partial charge in [0, 0.05) is 10.4 Å². The first-order chi connectivity index (χ1) is 10.7. The van der Waals surface area contributed by atoms with E-state index >= 15 is 0 Å². The molecule has 0 unspecified atom stereocenters. The second-order valence-corrected chi connectivity index (χ2v) is 5.85. The number of amides is 1. The van der Waals surface area contributed by atoms with E-state index in [4.69, 9.17) is 0 Å². The summed E-state index contributed by atoms with van der Waals surface area (Å²) in [7, 11) is 0. The molecule has 2 heterocycles. The summed E-state index contributed by atoms with van der Waals surface area (Å²) in [6.45, 7) is 2.57. The molecule has 0 bridgehead atoms. The van der Waals surface area contributed by atoms with E-state index in [1.807, 2.05) is 48.7 Å². The van der Waals surface area contributed by atoms with Crippen LogP contribution in [0, 0.1) is 6.92 Å². The Morgan fingerprint density at radius 3 is 2.91 bits per heavy atom. The Balaban J connectivity index is 1.62. The van der Waals surface area contributed by atoms with Crippen molar-refractivity contribution in [2.45, 2.75) is 20.0 Å². The lowest BCUT2D eigenvalue weighted by Gasteiger charge is -2.02. The van der Waals surface area contributed by atoms with Crippen molar-refractivity contribution in [2.24, 2.45) is 0 Å². The van der Waals surface area contributed by atoms with Gasteiger partial charge in [-0.25, -0.2) is 0 Å². The highest BCUT2D eigenvalue weighted by Crippen LogP contribution is 2.17. The largest absolute Gasteiger partial charge is 0.350 e. The fraction of sp³-hybridized carbons (Fsp3) is 0.200. The monoisotopic (exact) mass is 313 g/mol. The first-order valence-corrected chi connectivity index (χ1v) is 7.73. The fourth-order valence-electron chi connectivity index (χ4n) is 2.03. The number of aromatic nitrogens is 4. The lowest BCUT2D eigenvalue weighted by Crippen LogP contribution is -2.27. The average molecular weight is 313 g/mol. The normalized spacial score (nSPS) is 10.6. The topological polar surface area (TPSA) is 72.7 Å². The van der Waals surface area contributed by atoms with Crippen LogP contribution in [0.2, 0.25) is 0 Å². The lowest BCUT2D eigenvalue weighted by molar-refractivity contribution is -0.122. The zero-order valence-corrected chi connectivity index (χ0v) is 12.9. The molecule has 0 saturated heterocycles. The van der Waals surface area contributed by atoms with Gasteiger partial charge < -0.3 is 5.32 Å². The number of hydrogen-bond acceptors (Lipinski definition) is 5. The van der Waals surface area contributed by atoms with Gasteiger partial charge in [-0.3, -0.25) is 4.79 Å². The molecular formula is C15H15N5OS. The van der Waals surface area contributed by atoms with Crippen molar-refractivity contribution in [3.8, 4) is 11.4 Å². The van der Waals surface area contributed by atoms with Crippen molar-refractivity contribution in [3.63, 3.8) is 0 Å². The standard InChI is InChI=1S/C15H15N5OS/c1-11-5-2-3-7-13(11)15-17-19-20(18-15)10-14(21)16-9-12-6-4-8-22-12/h2-8H,9-10H2,1H3,(H,16,21). The van der Waals surface area contributed by atoms with Crippen LogP contribution >= 0.6 is 11.3 Å². The number of carbonyl (C=O) groups is 1. The highest BCUT2D eigenvalue weighted by atomic mass is 32.1. The first-order valence-electron chi connectivity index (χ1n) is 6.85. The summed E-state index contributed by atoms with van der Waals surface area (Å²) in [6, 6.07) is 11.8. The van der Waals surface area contributed by atoms with Crippen molar-refractivity contribution in [1.82, 2.24) is 25.5 Å². The first kappa shape index (κ1) is 14.4. The maximum Gasteiger partial charge on any atom is 0.243 e. The molecule has 0 aliphatic carbocycles. The van der Waals surface area contributed by atoms with Crippen LogP contribution in [-0.2, 0) is 17.9 Å². The smallest absolute Gasteiger partial charge is 0.243 e. The van der Waals surface area contributed by atoms with E-state index in [0.29, 0.717) is 12.4 Å². The Morgan fingerprint density at radius 2 is 2.14 bits per heavy atom. The Bertz CT molecular complexity index is 766. The summed E-state index contributed by atoms with van der Waals surface area (Å²) < 4.78 is 0. The molecule has 2 aromatic heterocycles. The molecule has 7 heteroatoms. The minimum Gasteiger partial charge on any atom is -0.350 e. The molecule has 0 radical (unpaired) electrons. The predicted molar refractivity (Wildman–Crippen MR) is 84.2 cm³/mol. The summed E-state index contributed by atoms with van der Waals surface area (Å²) in [5.74, 6) is 0.395. The second-order valence-electron chi connectivity index (χ2n) is 4.81. The van der Waals surface area contributed by atoms with Crippen LogP contribution in [0.5, 0.6) is 0 Å². The van der Waals surface area contributed by atoms with E-state index in [9.17, 15) is 4.79 Å². The highest BCUT2D eigenvalue weighted by Gasteiger charge is 2.10. The van der Waals surface area contributed by atoms with Gasteiger partial charge in [0.25, 0.3) is 0 Å². The fourth-order valence-corrected chi connectivity index (χ4v) is 2.67. The van der Waals surface area contributed by atoms with E-state index in [-0.39, 0.29) is 12.5 Å². The van der Waals surface area contributed by atoms with Gasteiger partial charge >= 0.3 is 0 Å². The number of hydrogen-bond donors (Lipinski definition) is 1. The summed E-state index contributed by atoms with van der Waals surface area (Å²) >= 11 is 1.61. The van der Waals surface area contributed by atoms with Gasteiger partial charge in [-0.05, 0) is 29.1 Å². The zero-order chi connectivity index (χ0) is 15.4. The Labute approximate surface area is 131 Å². The van der Waals surface area contributed by atoms with Crippen molar-refractivity contribution in [3.05, 3.63) is 52.2 Å². The van der Waals surface area contributed by atoms with E-state index in [2.05, 4.69) is 20.7 Å². The molecular weight excluding hydrogens is 298 g/mol. The number of benzene rings is 1. The van der Waals surface area contributed by atoms with Crippen LogP contribution in [0.4, 0.5) is 0 Å². The van der Waals surface area contributed by atoms with Gasteiger partial charge in [0.15, 0.2) is 0 Å². The number of aryl methyl sites for hydroxylation is 1. The highest BCUT2D eigenvalue weighted by molar-refractivity contribution is 7.09. The van der Waals surface area contributed by atoms with Gasteiger partial charge in [-0.15, -0.1) is 21.5 Å². The molecule has 112 valence electrons. The Hall–Kier alpha value is -2.54. The number of thiophene rings is 1. The van der Waals surface area contributed by atoms with Crippen molar-refractivity contribution in [2.75, 3.05) is 0 Å². The van der Waals surface area contributed by atoms with E-state index in [0.717, 1.165) is 16.0 Å². The van der Waals surface area contributed by atoms with Gasteiger partial charge in [-0.2, -0.15) is 4.80 Å². The van der Waals surface area contributed by atoms with Crippen LogP contribution in [-0.4, -0.2) is 26.1 Å². The minimum absolute atomic E-state index is 0.0598. The molecule has 6 nitrogen and oxygen atoms in total. The number of carbonyl (C=O) groups excluding carboxylic acids is 1. The third kappa shape index (κ3) is 3.37.